The number of fused-ring (bicyclic) bond motifs is 1. The number of rotatable bonds is 5. The van der Waals surface area contributed by atoms with Gasteiger partial charge in [0.1, 0.15) is 11.6 Å². The lowest BCUT2D eigenvalue weighted by Gasteiger charge is -2.09. The second-order valence-corrected chi connectivity index (χ2v) is 7.78. The molecule has 5 heteroatoms. The smallest absolute Gasteiger partial charge is 0.251 e. The maximum absolute atomic E-state index is 13.0. The number of ether oxygens (including phenoxy) is 1. The average Bonchev–Trinajstić information content (AvgIpc) is 3.02. The van der Waals surface area contributed by atoms with E-state index in [-0.39, 0.29) is 5.91 Å². The van der Waals surface area contributed by atoms with E-state index in [2.05, 4.69) is 53.6 Å². The third-order valence-electron chi connectivity index (χ3n) is 5.41. The van der Waals surface area contributed by atoms with Gasteiger partial charge in [-0.05, 0) is 67.4 Å². The highest BCUT2D eigenvalue weighted by Crippen LogP contribution is 2.31. The summed E-state index contributed by atoms with van der Waals surface area (Å²) in [7, 11) is 0. The lowest BCUT2D eigenvalue weighted by Crippen LogP contribution is -2.16. The second-order valence-electron chi connectivity index (χ2n) is 7.78. The molecule has 0 aliphatic carbocycles. The Labute approximate surface area is 188 Å². The van der Waals surface area contributed by atoms with Crippen LogP contribution in [0, 0.1) is 6.92 Å². The van der Waals surface area contributed by atoms with Gasteiger partial charge in [0.2, 0.25) is 0 Å². The van der Waals surface area contributed by atoms with E-state index in [1.165, 1.54) is 5.56 Å². The number of amides is 1. The van der Waals surface area contributed by atoms with Gasteiger partial charge in [-0.25, -0.2) is 0 Å². The zero-order valence-corrected chi connectivity index (χ0v) is 18.4. The molecule has 5 nitrogen and oxygen atoms in total. The van der Waals surface area contributed by atoms with Crippen molar-refractivity contribution in [3.8, 4) is 16.9 Å². The minimum atomic E-state index is -0.134. The van der Waals surface area contributed by atoms with Gasteiger partial charge in [0.25, 0.3) is 5.91 Å². The van der Waals surface area contributed by atoms with Crippen LogP contribution in [-0.2, 0) is 4.79 Å². The van der Waals surface area contributed by atoms with Gasteiger partial charge in [0.05, 0.1) is 6.61 Å². The van der Waals surface area contributed by atoms with Crippen LogP contribution in [0.1, 0.15) is 30.0 Å². The normalized spacial score (nSPS) is 13.4. The first-order valence-electron chi connectivity index (χ1n) is 10.8. The molecule has 0 fully saturated rings. The van der Waals surface area contributed by atoms with Crippen molar-refractivity contribution in [3.05, 3.63) is 89.0 Å². The van der Waals surface area contributed by atoms with E-state index in [4.69, 9.17) is 10.5 Å². The summed E-state index contributed by atoms with van der Waals surface area (Å²) in [6.07, 6.45) is 2.46. The number of hydrogen-bond donors (Lipinski definition) is 2. The number of nitrogens with one attached hydrogen (secondary N) is 1. The van der Waals surface area contributed by atoms with E-state index < -0.39 is 0 Å². The summed E-state index contributed by atoms with van der Waals surface area (Å²) in [6, 6.07) is 21.9. The Kier molecular flexibility index (Phi) is 6.36. The summed E-state index contributed by atoms with van der Waals surface area (Å²) >= 11 is 0. The fourth-order valence-corrected chi connectivity index (χ4v) is 3.63. The number of hydrogen-bond acceptors (Lipinski definition) is 3. The molecule has 3 aromatic carbocycles. The van der Waals surface area contributed by atoms with Crippen molar-refractivity contribution in [2.75, 3.05) is 18.5 Å². The van der Waals surface area contributed by atoms with E-state index in [0.29, 0.717) is 36.7 Å². The molecular weight excluding hydrogens is 398 g/mol. The molecule has 0 radical (unpaired) electrons. The summed E-state index contributed by atoms with van der Waals surface area (Å²) in [5, 5.41) is 2.98. The highest BCUT2D eigenvalue weighted by Gasteiger charge is 2.16. The van der Waals surface area contributed by atoms with Gasteiger partial charge in [0.15, 0.2) is 0 Å². The van der Waals surface area contributed by atoms with Crippen LogP contribution in [0.4, 0.5) is 5.69 Å². The third-order valence-corrected chi connectivity index (χ3v) is 5.41. The van der Waals surface area contributed by atoms with Crippen LogP contribution in [0.2, 0.25) is 0 Å². The van der Waals surface area contributed by atoms with Crippen LogP contribution in [0.15, 0.2) is 77.3 Å². The number of nitrogens with zero attached hydrogens (tertiary/aromatic N) is 1. The number of aryl methyl sites for hydroxylation is 1. The fraction of sp³-hybridized carbons (Fsp3) is 0.185. The van der Waals surface area contributed by atoms with Crippen molar-refractivity contribution >= 4 is 23.5 Å². The Morgan fingerprint density at radius 2 is 1.75 bits per heavy atom. The molecule has 1 heterocycles. The van der Waals surface area contributed by atoms with Gasteiger partial charge < -0.3 is 15.8 Å². The predicted octanol–water partition coefficient (Wildman–Crippen LogP) is 5.19. The van der Waals surface area contributed by atoms with E-state index >= 15 is 0 Å². The van der Waals surface area contributed by atoms with E-state index in [0.717, 1.165) is 28.0 Å². The Hall–Kier alpha value is -3.86. The summed E-state index contributed by atoms with van der Waals surface area (Å²) in [5.74, 6) is 1.15. The standard InChI is InChI=1S/C27H27N3O2/c1-3-29-26(28)20-8-11-24(12-9-20)30-27(31)22-14-15-32-25-13-10-21(16-23(25)17-22)19-6-4-18(2)5-7-19/h4-13,16-17H,3,14-15H2,1-2H3,(H2,28,29)(H,30,31). The molecule has 1 amide bonds. The Morgan fingerprint density at radius 1 is 1.03 bits per heavy atom. The first-order chi connectivity index (χ1) is 15.5. The molecule has 32 heavy (non-hydrogen) atoms. The molecule has 0 saturated heterocycles. The molecule has 0 atom stereocenters. The van der Waals surface area contributed by atoms with E-state index in [1.807, 2.05) is 43.3 Å². The molecule has 0 spiro atoms. The number of carbonyl (C=O) groups is 1. The lowest BCUT2D eigenvalue weighted by atomic mass is 10.00. The summed E-state index contributed by atoms with van der Waals surface area (Å²) in [6.45, 7) is 5.10. The highest BCUT2D eigenvalue weighted by molar-refractivity contribution is 6.07. The Bertz CT molecular complexity index is 1180. The molecule has 1 aliphatic heterocycles. The monoisotopic (exact) mass is 425 g/mol. The lowest BCUT2D eigenvalue weighted by molar-refractivity contribution is -0.113. The van der Waals surface area contributed by atoms with E-state index in [9.17, 15) is 4.79 Å². The van der Waals surface area contributed by atoms with Crippen LogP contribution in [0.5, 0.6) is 5.75 Å². The molecule has 0 aromatic heterocycles. The summed E-state index contributed by atoms with van der Waals surface area (Å²) < 4.78 is 5.89. The number of aliphatic imine (C=N–C) groups is 1. The van der Waals surface area contributed by atoms with Crippen molar-refractivity contribution in [1.29, 1.82) is 0 Å². The van der Waals surface area contributed by atoms with Crippen LogP contribution >= 0.6 is 0 Å². The summed E-state index contributed by atoms with van der Waals surface area (Å²) in [5.41, 5.74) is 12.5. The van der Waals surface area contributed by atoms with Gasteiger partial charge >= 0.3 is 0 Å². The zero-order chi connectivity index (χ0) is 22.5. The van der Waals surface area contributed by atoms with Gasteiger partial charge in [-0.2, -0.15) is 0 Å². The van der Waals surface area contributed by atoms with Crippen molar-refractivity contribution < 1.29 is 9.53 Å². The molecule has 4 rings (SSSR count). The topological polar surface area (TPSA) is 76.7 Å². The maximum Gasteiger partial charge on any atom is 0.251 e. The largest absolute Gasteiger partial charge is 0.493 e. The molecule has 0 bridgehead atoms. The van der Waals surface area contributed by atoms with Crippen molar-refractivity contribution in [1.82, 2.24) is 0 Å². The minimum Gasteiger partial charge on any atom is -0.493 e. The number of amidine groups is 1. The van der Waals surface area contributed by atoms with Crippen molar-refractivity contribution in [2.24, 2.45) is 10.7 Å². The molecule has 0 saturated carbocycles. The van der Waals surface area contributed by atoms with Crippen LogP contribution in [-0.4, -0.2) is 24.9 Å². The molecular formula is C27H27N3O2. The zero-order valence-electron chi connectivity index (χ0n) is 18.4. The second kappa shape index (κ2) is 9.52. The summed E-state index contributed by atoms with van der Waals surface area (Å²) in [4.78, 5) is 17.2. The molecule has 162 valence electrons. The van der Waals surface area contributed by atoms with Crippen LogP contribution in [0.25, 0.3) is 17.2 Å². The first-order valence-corrected chi connectivity index (χ1v) is 10.8. The number of carbonyl (C=O) groups excluding carboxylic acids is 1. The fourth-order valence-electron chi connectivity index (χ4n) is 3.63. The number of anilines is 1. The predicted molar refractivity (Wildman–Crippen MR) is 131 cm³/mol. The minimum absolute atomic E-state index is 0.134. The van der Waals surface area contributed by atoms with Gasteiger partial charge in [-0.3, -0.25) is 9.79 Å². The van der Waals surface area contributed by atoms with E-state index in [1.54, 1.807) is 0 Å². The van der Waals surface area contributed by atoms with Gasteiger partial charge in [-0.15, -0.1) is 0 Å². The van der Waals surface area contributed by atoms with Gasteiger partial charge in [0, 0.05) is 35.4 Å². The van der Waals surface area contributed by atoms with Crippen molar-refractivity contribution in [2.45, 2.75) is 20.3 Å². The van der Waals surface area contributed by atoms with Gasteiger partial charge in [-0.1, -0.05) is 35.9 Å². The maximum atomic E-state index is 13.0. The molecule has 1 aliphatic rings. The first kappa shape index (κ1) is 21.4. The number of nitrogens with two attached hydrogens (primary N) is 1. The SMILES string of the molecule is CCN=C(N)c1ccc(NC(=O)C2=Cc3cc(-c4ccc(C)cc4)ccc3OCC2)cc1. The third kappa shape index (κ3) is 4.89. The molecule has 3 N–H and O–H groups in total. The Balaban J connectivity index is 1.55. The molecule has 0 unspecified atom stereocenters. The van der Waals surface area contributed by atoms with Crippen molar-refractivity contribution in [3.63, 3.8) is 0 Å². The molecule has 3 aromatic rings. The highest BCUT2D eigenvalue weighted by atomic mass is 16.5. The Morgan fingerprint density at radius 3 is 2.47 bits per heavy atom. The number of benzene rings is 3. The quantitative estimate of drug-likeness (QED) is 0.436. The van der Waals surface area contributed by atoms with Crippen LogP contribution < -0.4 is 15.8 Å². The van der Waals surface area contributed by atoms with Crippen LogP contribution in [0.3, 0.4) is 0 Å². The average molecular weight is 426 g/mol.